The first kappa shape index (κ1) is 19.2. The lowest BCUT2D eigenvalue weighted by Crippen LogP contribution is -2.44. The van der Waals surface area contributed by atoms with Gasteiger partial charge in [0.1, 0.15) is 5.03 Å². The van der Waals surface area contributed by atoms with Crippen LogP contribution < -0.4 is 10.6 Å². The van der Waals surface area contributed by atoms with Crippen molar-refractivity contribution in [2.45, 2.75) is 24.8 Å². The highest BCUT2D eigenvalue weighted by atomic mass is 32.2. The molecule has 0 unspecified atom stereocenters. The third kappa shape index (κ3) is 5.19. The van der Waals surface area contributed by atoms with Crippen molar-refractivity contribution in [3.05, 3.63) is 23.9 Å². The van der Waals surface area contributed by atoms with Gasteiger partial charge in [0.2, 0.25) is 0 Å². The summed E-state index contributed by atoms with van der Waals surface area (Å²) in [7, 11) is 0. The highest BCUT2D eigenvalue weighted by Gasteiger charge is 2.26. The van der Waals surface area contributed by atoms with E-state index in [0.29, 0.717) is 31.7 Å². The number of piperidine rings is 1. The molecule has 0 radical (unpaired) electrons. The second-order valence-corrected chi connectivity index (χ2v) is 6.66. The topological polar surface area (TPSA) is 91.4 Å². The van der Waals surface area contributed by atoms with Crippen molar-refractivity contribution in [3.8, 4) is 0 Å². The van der Waals surface area contributed by atoms with Gasteiger partial charge in [-0.15, -0.1) is 11.8 Å². The molecule has 1 aromatic rings. The molecule has 136 valence electrons. The van der Waals surface area contributed by atoms with E-state index in [1.165, 1.54) is 11.8 Å². The number of amides is 3. The zero-order valence-corrected chi connectivity index (χ0v) is 15.4. The monoisotopic (exact) mass is 364 g/mol. The summed E-state index contributed by atoms with van der Waals surface area (Å²) in [5.41, 5.74) is 0.637. The van der Waals surface area contributed by atoms with Gasteiger partial charge in [-0.3, -0.25) is 14.4 Å². The van der Waals surface area contributed by atoms with Crippen LogP contribution in [0.3, 0.4) is 0 Å². The highest BCUT2D eigenvalue weighted by molar-refractivity contribution is 7.98. The Balaban J connectivity index is 1.82. The third-order valence-electron chi connectivity index (χ3n) is 4.19. The molecule has 0 aromatic carbocycles. The number of hydrogen-bond acceptors (Lipinski definition) is 5. The SMILES string of the molecule is CCNC(=O)C(=O)NCC1CCN(C(=O)c2cccnc2SC)CC1. The fourth-order valence-corrected chi connectivity index (χ4v) is 3.33. The number of pyridine rings is 1. The van der Waals surface area contributed by atoms with Gasteiger partial charge in [0.05, 0.1) is 5.56 Å². The number of rotatable bonds is 5. The van der Waals surface area contributed by atoms with E-state index < -0.39 is 11.8 Å². The number of likely N-dealkylation sites (tertiary alicyclic amines) is 1. The summed E-state index contributed by atoms with van der Waals surface area (Å²) >= 11 is 1.46. The quantitative estimate of drug-likeness (QED) is 0.599. The molecule has 3 amide bonds. The van der Waals surface area contributed by atoms with E-state index in [9.17, 15) is 14.4 Å². The molecule has 0 spiro atoms. The van der Waals surface area contributed by atoms with Crippen LogP contribution in [0.5, 0.6) is 0 Å². The van der Waals surface area contributed by atoms with Gasteiger partial charge in [0.15, 0.2) is 0 Å². The Kier molecular flexibility index (Phi) is 7.24. The molecule has 25 heavy (non-hydrogen) atoms. The van der Waals surface area contributed by atoms with Gasteiger partial charge in [-0.1, -0.05) is 0 Å². The molecule has 7 nitrogen and oxygen atoms in total. The molecule has 2 heterocycles. The summed E-state index contributed by atoms with van der Waals surface area (Å²) in [6.07, 6.45) is 5.20. The average Bonchev–Trinajstić information content (AvgIpc) is 2.66. The Labute approximate surface area is 151 Å². The van der Waals surface area contributed by atoms with E-state index in [-0.39, 0.29) is 11.8 Å². The van der Waals surface area contributed by atoms with Gasteiger partial charge in [-0.25, -0.2) is 4.98 Å². The fraction of sp³-hybridized carbons (Fsp3) is 0.529. The van der Waals surface area contributed by atoms with Crippen LogP contribution >= 0.6 is 11.8 Å². The minimum absolute atomic E-state index is 0.00209. The number of carbonyl (C=O) groups excluding carboxylic acids is 3. The molecule has 0 atom stereocenters. The predicted octanol–water partition coefficient (Wildman–Crippen LogP) is 0.908. The summed E-state index contributed by atoms with van der Waals surface area (Å²) in [5, 5.41) is 5.88. The number of nitrogens with zero attached hydrogens (tertiary/aromatic N) is 2. The molecule has 2 N–H and O–H groups in total. The van der Waals surface area contributed by atoms with Crippen LogP contribution in [0, 0.1) is 5.92 Å². The Morgan fingerprint density at radius 2 is 1.92 bits per heavy atom. The van der Waals surface area contributed by atoms with Gasteiger partial charge in [0, 0.05) is 32.4 Å². The largest absolute Gasteiger partial charge is 0.348 e. The maximum Gasteiger partial charge on any atom is 0.309 e. The van der Waals surface area contributed by atoms with Crippen LogP contribution in [0.25, 0.3) is 0 Å². The maximum atomic E-state index is 12.7. The van der Waals surface area contributed by atoms with Crippen molar-refractivity contribution >= 4 is 29.5 Å². The van der Waals surface area contributed by atoms with Gasteiger partial charge < -0.3 is 15.5 Å². The maximum absolute atomic E-state index is 12.7. The first-order valence-electron chi connectivity index (χ1n) is 8.41. The van der Waals surface area contributed by atoms with Crippen LogP contribution in [0.1, 0.15) is 30.1 Å². The van der Waals surface area contributed by atoms with E-state index in [1.807, 2.05) is 11.2 Å². The summed E-state index contributed by atoms with van der Waals surface area (Å²) in [6, 6.07) is 3.58. The summed E-state index contributed by atoms with van der Waals surface area (Å²) in [4.78, 5) is 41.7. The van der Waals surface area contributed by atoms with E-state index in [4.69, 9.17) is 0 Å². The zero-order valence-electron chi connectivity index (χ0n) is 14.6. The normalized spacial score (nSPS) is 14.9. The molecule has 0 saturated carbocycles. The van der Waals surface area contributed by atoms with Crippen LogP contribution in [0.2, 0.25) is 0 Å². The number of thioether (sulfide) groups is 1. The molecule has 1 aliphatic rings. The number of hydrogen-bond donors (Lipinski definition) is 2. The van der Waals surface area contributed by atoms with Crippen LogP contribution in [0.4, 0.5) is 0 Å². The third-order valence-corrected chi connectivity index (χ3v) is 4.90. The minimum Gasteiger partial charge on any atom is -0.348 e. The predicted molar refractivity (Wildman–Crippen MR) is 96.3 cm³/mol. The van der Waals surface area contributed by atoms with E-state index in [1.54, 1.807) is 25.3 Å². The van der Waals surface area contributed by atoms with Gasteiger partial charge in [0.25, 0.3) is 5.91 Å². The lowest BCUT2D eigenvalue weighted by atomic mass is 9.96. The summed E-state index contributed by atoms with van der Waals surface area (Å²) in [5.74, 6) is -0.921. The molecule has 1 aromatic heterocycles. The van der Waals surface area contributed by atoms with Crippen molar-refractivity contribution in [3.63, 3.8) is 0 Å². The zero-order chi connectivity index (χ0) is 18.2. The number of likely N-dealkylation sites (N-methyl/N-ethyl adjacent to an activating group) is 1. The van der Waals surface area contributed by atoms with Gasteiger partial charge in [-0.2, -0.15) is 0 Å². The standard InChI is InChI=1S/C17H24N4O3S/c1-3-18-14(22)15(23)20-11-12-6-9-21(10-7-12)17(24)13-5-4-8-19-16(13)25-2/h4-5,8,12H,3,6-7,9-11H2,1-2H3,(H,18,22)(H,20,23). The van der Waals surface area contributed by atoms with E-state index in [0.717, 1.165) is 17.9 Å². The molecule has 1 aliphatic heterocycles. The minimum atomic E-state index is -0.601. The van der Waals surface area contributed by atoms with Crippen molar-refractivity contribution in [2.24, 2.45) is 5.92 Å². The first-order chi connectivity index (χ1) is 12.1. The van der Waals surface area contributed by atoms with Crippen molar-refractivity contribution in [1.82, 2.24) is 20.5 Å². The van der Waals surface area contributed by atoms with Crippen molar-refractivity contribution in [2.75, 3.05) is 32.4 Å². The average molecular weight is 364 g/mol. The number of aromatic nitrogens is 1. The van der Waals surface area contributed by atoms with Crippen LogP contribution in [0.15, 0.2) is 23.4 Å². The van der Waals surface area contributed by atoms with Crippen molar-refractivity contribution < 1.29 is 14.4 Å². The molecule has 0 bridgehead atoms. The van der Waals surface area contributed by atoms with Gasteiger partial charge in [-0.05, 0) is 44.1 Å². The van der Waals surface area contributed by atoms with Crippen LogP contribution in [-0.4, -0.2) is 60.0 Å². The van der Waals surface area contributed by atoms with Crippen LogP contribution in [-0.2, 0) is 9.59 Å². The number of nitrogens with one attached hydrogen (secondary N) is 2. The molecule has 1 fully saturated rings. The second kappa shape index (κ2) is 9.41. The first-order valence-corrected chi connectivity index (χ1v) is 9.63. The Hall–Kier alpha value is -2.09. The Morgan fingerprint density at radius 3 is 2.56 bits per heavy atom. The molecule has 8 heteroatoms. The summed E-state index contributed by atoms with van der Waals surface area (Å²) < 4.78 is 0. The summed E-state index contributed by atoms with van der Waals surface area (Å²) in [6.45, 7) is 3.94. The highest BCUT2D eigenvalue weighted by Crippen LogP contribution is 2.22. The Morgan fingerprint density at radius 1 is 1.24 bits per heavy atom. The lowest BCUT2D eigenvalue weighted by Gasteiger charge is -2.32. The van der Waals surface area contributed by atoms with Gasteiger partial charge >= 0.3 is 11.8 Å². The van der Waals surface area contributed by atoms with Crippen molar-refractivity contribution in [1.29, 1.82) is 0 Å². The lowest BCUT2D eigenvalue weighted by molar-refractivity contribution is -0.139. The smallest absolute Gasteiger partial charge is 0.309 e. The van der Waals surface area contributed by atoms with E-state index in [2.05, 4.69) is 15.6 Å². The fourth-order valence-electron chi connectivity index (χ4n) is 2.78. The number of carbonyl (C=O) groups is 3. The molecule has 0 aliphatic carbocycles. The molecular formula is C17H24N4O3S. The molecular weight excluding hydrogens is 340 g/mol. The van der Waals surface area contributed by atoms with E-state index >= 15 is 0 Å². The Bertz CT molecular complexity index is 630. The molecule has 2 rings (SSSR count). The molecule has 1 saturated heterocycles. The second-order valence-electron chi connectivity index (χ2n) is 5.87.